The third-order valence-electron chi connectivity index (χ3n) is 2.14. The Morgan fingerprint density at radius 1 is 1.44 bits per heavy atom. The lowest BCUT2D eigenvalue weighted by molar-refractivity contribution is 0.292. The first-order chi connectivity index (χ1) is 4.33. The molecule has 0 aromatic carbocycles. The first-order valence-corrected chi connectivity index (χ1v) is 3.96. The fourth-order valence-corrected chi connectivity index (χ4v) is 1.49. The second-order valence-electron chi connectivity index (χ2n) is 3.20. The maximum absolute atomic E-state index is 4.41. The Labute approximate surface area is 57.8 Å². The van der Waals surface area contributed by atoms with Gasteiger partial charge in [-0.05, 0) is 18.3 Å². The summed E-state index contributed by atoms with van der Waals surface area (Å²) in [5.74, 6) is 1.75. The average Bonchev–Trinajstić information content (AvgIpc) is 1.88. The number of nitrogens with zero attached hydrogens (tertiary/aromatic N) is 1. The van der Waals surface area contributed by atoms with E-state index < -0.39 is 0 Å². The number of rotatable bonds is 1. The van der Waals surface area contributed by atoms with E-state index in [-0.39, 0.29) is 0 Å². The molecular formula is C8H16N. The second kappa shape index (κ2) is 3.21. The van der Waals surface area contributed by atoms with Gasteiger partial charge in [0.1, 0.15) is 0 Å². The quantitative estimate of drug-likeness (QED) is 0.507. The largest absolute Gasteiger partial charge is 0.241 e. The predicted molar refractivity (Wildman–Crippen MR) is 39.4 cm³/mol. The minimum absolute atomic E-state index is 0.851. The zero-order valence-electron chi connectivity index (χ0n) is 6.43. The van der Waals surface area contributed by atoms with Gasteiger partial charge in [-0.1, -0.05) is 20.3 Å². The van der Waals surface area contributed by atoms with Crippen molar-refractivity contribution in [1.82, 2.24) is 5.32 Å². The highest BCUT2D eigenvalue weighted by molar-refractivity contribution is 4.71. The summed E-state index contributed by atoms with van der Waals surface area (Å²) in [6, 6.07) is 0. The van der Waals surface area contributed by atoms with Crippen molar-refractivity contribution in [2.45, 2.75) is 26.7 Å². The standard InChI is InChI=1S/C8H16N/c1-3-8-4-7(2)5-9-6-8/h7-8H,3-6H2,1-2H3. The molecular weight excluding hydrogens is 110 g/mol. The molecule has 1 nitrogen and oxygen atoms in total. The summed E-state index contributed by atoms with van der Waals surface area (Å²) in [5.41, 5.74) is 0. The third-order valence-corrected chi connectivity index (χ3v) is 2.14. The van der Waals surface area contributed by atoms with Crippen molar-refractivity contribution < 1.29 is 0 Å². The van der Waals surface area contributed by atoms with Gasteiger partial charge in [-0.25, -0.2) is 5.32 Å². The fourth-order valence-electron chi connectivity index (χ4n) is 1.49. The maximum atomic E-state index is 4.41. The van der Waals surface area contributed by atoms with Gasteiger partial charge >= 0.3 is 0 Å². The van der Waals surface area contributed by atoms with Crippen LogP contribution in [0.2, 0.25) is 0 Å². The van der Waals surface area contributed by atoms with Crippen molar-refractivity contribution in [2.24, 2.45) is 11.8 Å². The van der Waals surface area contributed by atoms with Gasteiger partial charge < -0.3 is 0 Å². The van der Waals surface area contributed by atoms with Crippen LogP contribution < -0.4 is 5.32 Å². The molecule has 1 saturated heterocycles. The minimum atomic E-state index is 0.851. The van der Waals surface area contributed by atoms with Crippen LogP contribution >= 0.6 is 0 Å². The molecule has 9 heavy (non-hydrogen) atoms. The van der Waals surface area contributed by atoms with E-state index in [1.807, 2.05) is 0 Å². The molecule has 1 heterocycles. The zero-order chi connectivity index (χ0) is 6.69. The highest BCUT2D eigenvalue weighted by Gasteiger charge is 2.16. The van der Waals surface area contributed by atoms with Crippen molar-refractivity contribution in [1.29, 1.82) is 0 Å². The normalized spacial score (nSPS) is 36.7. The zero-order valence-corrected chi connectivity index (χ0v) is 6.43. The molecule has 1 aliphatic heterocycles. The van der Waals surface area contributed by atoms with Crippen LogP contribution in [-0.4, -0.2) is 13.1 Å². The molecule has 0 amide bonds. The highest BCUT2D eigenvalue weighted by atomic mass is 14.9. The molecule has 0 N–H and O–H groups in total. The summed E-state index contributed by atoms with van der Waals surface area (Å²) < 4.78 is 0. The summed E-state index contributed by atoms with van der Waals surface area (Å²) >= 11 is 0. The Hall–Kier alpha value is -0.0400. The fraction of sp³-hybridized carbons (Fsp3) is 1.00. The summed E-state index contributed by atoms with van der Waals surface area (Å²) in [6.45, 7) is 6.79. The number of hydrogen-bond acceptors (Lipinski definition) is 0. The van der Waals surface area contributed by atoms with Gasteiger partial charge in [0.25, 0.3) is 0 Å². The molecule has 0 spiro atoms. The first kappa shape index (κ1) is 7.07. The molecule has 1 rings (SSSR count). The van der Waals surface area contributed by atoms with Gasteiger partial charge in [-0.2, -0.15) is 0 Å². The SMILES string of the molecule is CCC1C[N]CC(C)C1. The Morgan fingerprint density at radius 3 is 2.67 bits per heavy atom. The monoisotopic (exact) mass is 126 g/mol. The van der Waals surface area contributed by atoms with Crippen LogP contribution in [0.25, 0.3) is 0 Å². The molecule has 1 fully saturated rings. The van der Waals surface area contributed by atoms with Crippen LogP contribution in [0.3, 0.4) is 0 Å². The van der Waals surface area contributed by atoms with Crippen LogP contribution in [0.5, 0.6) is 0 Å². The molecule has 0 aromatic heterocycles. The maximum Gasteiger partial charge on any atom is 0.0161 e. The number of piperidine rings is 1. The summed E-state index contributed by atoms with van der Waals surface area (Å²) in [4.78, 5) is 0. The molecule has 0 saturated carbocycles. The lowest BCUT2D eigenvalue weighted by Crippen LogP contribution is -2.29. The molecule has 1 radical (unpaired) electrons. The van der Waals surface area contributed by atoms with E-state index in [2.05, 4.69) is 19.2 Å². The van der Waals surface area contributed by atoms with Gasteiger partial charge in [0.05, 0.1) is 0 Å². The van der Waals surface area contributed by atoms with Gasteiger partial charge in [-0.3, -0.25) is 0 Å². The molecule has 0 bridgehead atoms. The topological polar surface area (TPSA) is 14.1 Å². The molecule has 0 aromatic rings. The Morgan fingerprint density at radius 2 is 2.22 bits per heavy atom. The van der Waals surface area contributed by atoms with E-state index in [0.717, 1.165) is 24.9 Å². The second-order valence-corrected chi connectivity index (χ2v) is 3.20. The highest BCUT2D eigenvalue weighted by Crippen LogP contribution is 2.18. The smallest absolute Gasteiger partial charge is 0.0161 e. The minimum Gasteiger partial charge on any atom is -0.241 e. The molecule has 2 atom stereocenters. The molecule has 1 aliphatic rings. The van der Waals surface area contributed by atoms with E-state index in [1.165, 1.54) is 12.8 Å². The molecule has 53 valence electrons. The molecule has 0 aliphatic carbocycles. The first-order valence-electron chi connectivity index (χ1n) is 3.96. The van der Waals surface area contributed by atoms with Crippen LogP contribution in [-0.2, 0) is 0 Å². The number of hydrogen-bond donors (Lipinski definition) is 0. The van der Waals surface area contributed by atoms with Crippen LogP contribution in [0.1, 0.15) is 26.7 Å². The van der Waals surface area contributed by atoms with Crippen LogP contribution in [0, 0.1) is 11.8 Å². The van der Waals surface area contributed by atoms with Gasteiger partial charge in [0, 0.05) is 13.1 Å². The summed E-state index contributed by atoms with van der Waals surface area (Å²) in [5, 5.41) is 4.41. The van der Waals surface area contributed by atoms with Crippen LogP contribution in [0.15, 0.2) is 0 Å². The van der Waals surface area contributed by atoms with Crippen LogP contribution in [0.4, 0.5) is 0 Å². The molecule has 2 unspecified atom stereocenters. The molecule has 1 heteroatoms. The average molecular weight is 126 g/mol. The Balaban J connectivity index is 2.23. The summed E-state index contributed by atoms with van der Waals surface area (Å²) in [6.07, 6.45) is 2.72. The van der Waals surface area contributed by atoms with Crippen molar-refractivity contribution >= 4 is 0 Å². The van der Waals surface area contributed by atoms with E-state index in [1.54, 1.807) is 0 Å². The van der Waals surface area contributed by atoms with Crippen molar-refractivity contribution in [2.75, 3.05) is 13.1 Å². The van der Waals surface area contributed by atoms with Gasteiger partial charge in [-0.15, -0.1) is 0 Å². The Bertz CT molecular complexity index is 80.6. The van der Waals surface area contributed by atoms with Crippen molar-refractivity contribution in [3.8, 4) is 0 Å². The van der Waals surface area contributed by atoms with E-state index in [9.17, 15) is 0 Å². The van der Waals surface area contributed by atoms with E-state index >= 15 is 0 Å². The van der Waals surface area contributed by atoms with Crippen molar-refractivity contribution in [3.63, 3.8) is 0 Å². The lowest BCUT2D eigenvalue weighted by atomic mass is 9.90. The summed E-state index contributed by atoms with van der Waals surface area (Å²) in [7, 11) is 0. The Kier molecular flexibility index (Phi) is 2.52. The predicted octanol–water partition coefficient (Wildman–Crippen LogP) is 1.66. The van der Waals surface area contributed by atoms with Crippen molar-refractivity contribution in [3.05, 3.63) is 0 Å². The third kappa shape index (κ3) is 1.98. The van der Waals surface area contributed by atoms with E-state index in [0.29, 0.717) is 0 Å². The van der Waals surface area contributed by atoms with Gasteiger partial charge in [0.2, 0.25) is 0 Å². The lowest BCUT2D eigenvalue weighted by Gasteiger charge is -2.25. The van der Waals surface area contributed by atoms with E-state index in [4.69, 9.17) is 0 Å². The van der Waals surface area contributed by atoms with Gasteiger partial charge in [0.15, 0.2) is 0 Å².